The predicted octanol–water partition coefficient (Wildman–Crippen LogP) is 1.79. The molecule has 1 saturated heterocycles. The van der Waals surface area contributed by atoms with Gasteiger partial charge in [-0.15, -0.1) is 0 Å². The highest BCUT2D eigenvalue weighted by atomic mass is 16.5. The van der Waals surface area contributed by atoms with E-state index >= 15 is 0 Å². The zero-order valence-electron chi connectivity index (χ0n) is 12.0. The largest absolute Gasteiger partial charge is 0.381 e. The molecule has 1 aromatic rings. The Labute approximate surface area is 119 Å². The van der Waals surface area contributed by atoms with E-state index in [2.05, 4.69) is 20.7 Å². The summed E-state index contributed by atoms with van der Waals surface area (Å²) in [5.74, 6) is 9.31. The quantitative estimate of drug-likeness (QED) is 0.562. The maximum absolute atomic E-state index is 5.56. The highest BCUT2D eigenvalue weighted by Gasteiger charge is 2.28. The van der Waals surface area contributed by atoms with Crippen LogP contribution in [0.25, 0.3) is 0 Å². The summed E-state index contributed by atoms with van der Waals surface area (Å²) in [6.07, 6.45) is 4.61. The van der Waals surface area contributed by atoms with E-state index in [1.54, 1.807) is 0 Å². The Morgan fingerprint density at radius 2 is 1.85 bits per heavy atom. The first-order valence-corrected chi connectivity index (χ1v) is 7.44. The van der Waals surface area contributed by atoms with Gasteiger partial charge in [0, 0.05) is 31.2 Å². The van der Waals surface area contributed by atoms with Gasteiger partial charge >= 0.3 is 0 Å². The molecule has 4 N–H and O–H groups in total. The van der Waals surface area contributed by atoms with E-state index in [1.807, 2.05) is 6.92 Å². The molecule has 2 aliphatic rings. The van der Waals surface area contributed by atoms with Gasteiger partial charge in [0.2, 0.25) is 0 Å². The lowest BCUT2D eigenvalue weighted by Gasteiger charge is -2.23. The minimum atomic E-state index is 0.520. The van der Waals surface area contributed by atoms with Gasteiger partial charge in [0.1, 0.15) is 17.5 Å². The second-order valence-electron chi connectivity index (χ2n) is 5.76. The van der Waals surface area contributed by atoms with E-state index in [4.69, 9.17) is 10.6 Å². The molecule has 1 aliphatic heterocycles. The maximum atomic E-state index is 5.56. The van der Waals surface area contributed by atoms with Crippen LogP contribution in [0.15, 0.2) is 0 Å². The summed E-state index contributed by atoms with van der Waals surface area (Å²) in [6, 6.07) is 0. The number of nitrogen functional groups attached to an aromatic ring is 1. The molecular weight excluding hydrogens is 254 g/mol. The second kappa shape index (κ2) is 5.93. The highest BCUT2D eigenvalue weighted by Crippen LogP contribution is 2.39. The van der Waals surface area contributed by atoms with Gasteiger partial charge < -0.3 is 15.5 Å². The van der Waals surface area contributed by atoms with Crippen LogP contribution in [0.4, 0.5) is 11.6 Å². The summed E-state index contributed by atoms with van der Waals surface area (Å²) in [4.78, 5) is 9.18. The molecule has 0 amide bonds. The van der Waals surface area contributed by atoms with E-state index in [-0.39, 0.29) is 0 Å². The zero-order chi connectivity index (χ0) is 13.9. The minimum Gasteiger partial charge on any atom is -0.381 e. The molecule has 6 heteroatoms. The molecule has 1 aliphatic carbocycles. The molecule has 1 aromatic heterocycles. The van der Waals surface area contributed by atoms with Gasteiger partial charge in [0.15, 0.2) is 0 Å². The normalized spacial score (nSPS) is 19.9. The van der Waals surface area contributed by atoms with E-state index in [0.717, 1.165) is 55.6 Å². The maximum Gasteiger partial charge on any atom is 0.148 e. The summed E-state index contributed by atoms with van der Waals surface area (Å²) in [5, 5.41) is 3.48. The fraction of sp³-hybridized carbons (Fsp3) is 0.714. The van der Waals surface area contributed by atoms with Crippen molar-refractivity contribution in [1.29, 1.82) is 0 Å². The summed E-state index contributed by atoms with van der Waals surface area (Å²) in [6.45, 7) is 4.68. The van der Waals surface area contributed by atoms with Crippen LogP contribution >= 0.6 is 0 Å². The van der Waals surface area contributed by atoms with Crippen LogP contribution in [0.3, 0.4) is 0 Å². The third-order valence-electron chi connectivity index (χ3n) is 4.14. The third-order valence-corrected chi connectivity index (χ3v) is 4.14. The molecule has 3 rings (SSSR count). The topological polar surface area (TPSA) is 85.1 Å². The van der Waals surface area contributed by atoms with Crippen LogP contribution in [0.2, 0.25) is 0 Å². The number of nitrogens with one attached hydrogen (secondary N) is 2. The number of rotatable bonds is 5. The average Bonchev–Trinajstić information content (AvgIpc) is 3.32. The monoisotopic (exact) mass is 277 g/mol. The van der Waals surface area contributed by atoms with E-state index in [1.165, 1.54) is 12.8 Å². The van der Waals surface area contributed by atoms with Crippen molar-refractivity contribution in [1.82, 2.24) is 9.97 Å². The summed E-state index contributed by atoms with van der Waals surface area (Å²) in [5.41, 5.74) is 3.68. The van der Waals surface area contributed by atoms with Crippen LogP contribution in [0, 0.1) is 12.8 Å². The fourth-order valence-electron chi connectivity index (χ4n) is 2.56. The van der Waals surface area contributed by atoms with Gasteiger partial charge in [-0.05, 0) is 38.5 Å². The SMILES string of the molecule is Cc1c(NN)nc(C2CC2)nc1NCC1CCOCC1. The van der Waals surface area contributed by atoms with Gasteiger partial charge in [-0.3, -0.25) is 0 Å². The van der Waals surface area contributed by atoms with E-state index in [9.17, 15) is 0 Å². The Hall–Kier alpha value is -1.40. The average molecular weight is 277 g/mol. The smallest absolute Gasteiger partial charge is 0.148 e. The van der Waals surface area contributed by atoms with Crippen LogP contribution in [-0.4, -0.2) is 29.7 Å². The third kappa shape index (κ3) is 3.02. The summed E-state index contributed by atoms with van der Waals surface area (Å²) >= 11 is 0. The van der Waals surface area contributed by atoms with E-state index < -0.39 is 0 Å². The Morgan fingerprint density at radius 3 is 2.50 bits per heavy atom. The highest BCUT2D eigenvalue weighted by molar-refractivity contribution is 5.57. The first-order valence-electron chi connectivity index (χ1n) is 7.44. The first kappa shape index (κ1) is 13.6. The molecule has 0 atom stereocenters. The Bertz CT molecular complexity index is 469. The number of nitrogens with two attached hydrogens (primary N) is 1. The predicted molar refractivity (Wildman–Crippen MR) is 78.6 cm³/mol. The lowest BCUT2D eigenvalue weighted by Crippen LogP contribution is -2.24. The molecule has 0 spiro atoms. The van der Waals surface area contributed by atoms with Crippen molar-refractivity contribution in [3.05, 3.63) is 11.4 Å². The molecule has 1 saturated carbocycles. The fourth-order valence-corrected chi connectivity index (χ4v) is 2.56. The standard InChI is InChI=1S/C14H23N5O/c1-9-12(16-8-10-4-6-20-7-5-10)17-14(11-2-3-11)18-13(9)19-15/h10-11H,2-8,15H2,1H3,(H2,16,17,18,19). The minimum absolute atomic E-state index is 0.520. The van der Waals surface area contributed by atoms with Gasteiger partial charge in [-0.25, -0.2) is 15.8 Å². The van der Waals surface area contributed by atoms with Gasteiger partial charge in [0.05, 0.1) is 0 Å². The number of aromatic nitrogens is 2. The molecule has 0 radical (unpaired) electrons. The van der Waals surface area contributed by atoms with Crippen molar-refractivity contribution in [3.63, 3.8) is 0 Å². The van der Waals surface area contributed by atoms with Crippen LogP contribution in [-0.2, 0) is 4.74 Å². The number of hydrogen-bond acceptors (Lipinski definition) is 6. The lowest BCUT2D eigenvalue weighted by molar-refractivity contribution is 0.0699. The number of nitrogens with zero attached hydrogens (tertiary/aromatic N) is 2. The van der Waals surface area contributed by atoms with Crippen molar-refractivity contribution in [2.24, 2.45) is 11.8 Å². The van der Waals surface area contributed by atoms with Crippen LogP contribution in [0.5, 0.6) is 0 Å². The van der Waals surface area contributed by atoms with Crippen molar-refractivity contribution in [2.45, 2.75) is 38.5 Å². The van der Waals surface area contributed by atoms with Crippen LogP contribution < -0.4 is 16.6 Å². The van der Waals surface area contributed by atoms with Crippen molar-refractivity contribution in [3.8, 4) is 0 Å². The molecule has 0 aromatic carbocycles. The first-order chi connectivity index (χ1) is 9.78. The summed E-state index contributed by atoms with van der Waals surface area (Å²) in [7, 11) is 0. The number of anilines is 2. The van der Waals surface area contributed by atoms with Gasteiger partial charge in [-0.1, -0.05) is 0 Å². The Balaban J connectivity index is 1.71. The van der Waals surface area contributed by atoms with Crippen molar-refractivity contribution in [2.75, 3.05) is 30.5 Å². The molecule has 110 valence electrons. The molecule has 6 nitrogen and oxygen atoms in total. The molecule has 0 bridgehead atoms. The molecule has 20 heavy (non-hydrogen) atoms. The van der Waals surface area contributed by atoms with Crippen molar-refractivity contribution < 1.29 is 4.74 Å². The van der Waals surface area contributed by atoms with Crippen molar-refractivity contribution >= 4 is 11.6 Å². The molecule has 0 unspecified atom stereocenters. The van der Waals surface area contributed by atoms with Crippen LogP contribution in [0.1, 0.15) is 43.0 Å². The number of ether oxygens (including phenoxy) is 1. The van der Waals surface area contributed by atoms with Gasteiger partial charge in [0.25, 0.3) is 0 Å². The number of hydrogen-bond donors (Lipinski definition) is 3. The Kier molecular flexibility index (Phi) is 4.03. The Morgan fingerprint density at radius 1 is 1.15 bits per heavy atom. The second-order valence-corrected chi connectivity index (χ2v) is 5.76. The molecular formula is C14H23N5O. The van der Waals surface area contributed by atoms with Gasteiger partial charge in [-0.2, -0.15) is 0 Å². The zero-order valence-corrected chi connectivity index (χ0v) is 12.0. The number of hydrazine groups is 1. The lowest BCUT2D eigenvalue weighted by atomic mass is 10.0. The molecule has 2 heterocycles. The summed E-state index contributed by atoms with van der Waals surface area (Å²) < 4.78 is 5.39. The van der Waals surface area contributed by atoms with E-state index in [0.29, 0.717) is 11.8 Å². The molecule has 2 fully saturated rings.